The Morgan fingerprint density at radius 2 is 2.20 bits per heavy atom. The minimum atomic E-state index is 0.950. The molecule has 1 rings (SSSR count). The van der Waals surface area contributed by atoms with Gasteiger partial charge in [-0.25, -0.2) is 4.98 Å². The van der Waals surface area contributed by atoms with Crippen molar-refractivity contribution in [3.05, 3.63) is 18.3 Å². The predicted octanol–water partition coefficient (Wildman–Crippen LogP) is 2.68. The van der Waals surface area contributed by atoms with Crippen molar-refractivity contribution >= 4 is 23.3 Å². The van der Waals surface area contributed by atoms with Gasteiger partial charge in [0.15, 0.2) is 0 Å². The van der Waals surface area contributed by atoms with E-state index in [-0.39, 0.29) is 0 Å². The maximum atomic E-state index is 4.25. The first-order chi connectivity index (χ1) is 7.36. The van der Waals surface area contributed by atoms with Crippen LogP contribution in [0, 0.1) is 0 Å². The SMILES string of the molecule is CCCNc1cc(NCCSC)ccn1. The Morgan fingerprint density at radius 1 is 1.33 bits per heavy atom. The molecule has 84 valence electrons. The zero-order chi connectivity index (χ0) is 10.9. The number of hydrogen-bond donors (Lipinski definition) is 2. The number of aromatic nitrogens is 1. The second-order valence-electron chi connectivity index (χ2n) is 3.28. The highest BCUT2D eigenvalue weighted by Crippen LogP contribution is 2.11. The molecule has 0 aliphatic carbocycles. The molecule has 0 aromatic carbocycles. The fraction of sp³-hybridized carbons (Fsp3) is 0.545. The number of nitrogens with one attached hydrogen (secondary N) is 2. The smallest absolute Gasteiger partial charge is 0.127 e. The summed E-state index contributed by atoms with van der Waals surface area (Å²) in [5.41, 5.74) is 1.14. The third-order valence-corrected chi connectivity index (χ3v) is 2.56. The van der Waals surface area contributed by atoms with Crippen LogP contribution >= 0.6 is 11.8 Å². The van der Waals surface area contributed by atoms with Gasteiger partial charge in [-0.3, -0.25) is 0 Å². The van der Waals surface area contributed by atoms with E-state index in [0.717, 1.165) is 36.8 Å². The standard InChI is InChI=1S/C11H19N3S/c1-3-5-13-11-9-10(4-6-14-11)12-7-8-15-2/h4,6,9H,3,5,7-8H2,1-2H3,(H2,12,13,14). The van der Waals surface area contributed by atoms with Gasteiger partial charge in [-0.2, -0.15) is 11.8 Å². The quantitative estimate of drug-likeness (QED) is 0.700. The molecule has 3 nitrogen and oxygen atoms in total. The van der Waals surface area contributed by atoms with Crippen LogP contribution in [0.2, 0.25) is 0 Å². The molecular formula is C11H19N3S. The van der Waals surface area contributed by atoms with Gasteiger partial charge in [0.1, 0.15) is 5.82 Å². The van der Waals surface area contributed by atoms with Gasteiger partial charge < -0.3 is 10.6 Å². The first-order valence-corrected chi connectivity index (χ1v) is 6.69. The van der Waals surface area contributed by atoms with Crippen LogP contribution in [0.25, 0.3) is 0 Å². The average Bonchev–Trinajstić information content (AvgIpc) is 2.27. The molecule has 0 aliphatic heterocycles. The van der Waals surface area contributed by atoms with Crippen LogP contribution in [-0.2, 0) is 0 Å². The highest BCUT2D eigenvalue weighted by molar-refractivity contribution is 7.98. The fourth-order valence-corrected chi connectivity index (χ4v) is 1.49. The number of rotatable bonds is 7. The second kappa shape index (κ2) is 7.40. The Labute approximate surface area is 96.1 Å². The first kappa shape index (κ1) is 12.2. The lowest BCUT2D eigenvalue weighted by Crippen LogP contribution is -2.06. The van der Waals surface area contributed by atoms with Crippen LogP contribution < -0.4 is 10.6 Å². The van der Waals surface area contributed by atoms with Crippen molar-refractivity contribution in [2.45, 2.75) is 13.3 Å². The zero-order valence-corrected chi connectivity index (χ0v) is 10.2. The van der Waals surface area contributed by atoms with E-state index in [4.69, 9.17) is 0 Å². The van der Waals surface area contributed by atoms with Gasteiger partial charge in [0, 0.05) is 36.8 Å². The molecule has 15 heavy (non-hydrogen) atoms. The number of thioether (sulfide) groups is 1. The summed E-state index contributed by atoms with van der Waals surface area (Å²) in [6.45, 7) is 4.12. The lowest BCUT2D eigenvalue weighted by Gasteiger charge is -2.08. The Kier molecular flexibility index (Phi) is 6.00. The third kappa shape index (κ3) is 4.93. The van der Waals surface area contributed by atoms with E-state index >= 15 is 0 Å². The van der Waals surface area contributed by atoms with E-state index in [1.165, 1.54) is 0 Å². The molecule has 2 N–H and O–H groups in total. The normalized spacial score (nSPS) is 10.0. The molecule has 0 saturated heterocycles. The van der Waals surface area contributed by atoms with Crippen LogP contribution in [0.1, 0.15) is 13.3 Å². The van der Waals surface area contributed by atoms with Crippen LogP contribution in [-0.4, -0.2) is 30.1 Å². The van der Waals surface area contributed by atoms with Crippen molar-refractivity contribution in [3.63, 3.8) is 0 Å². The van der Waals surface area contributed by atoms with Crippen LogP contribution in [0.5, 0.6) is 0 Å². The minimum absolute atomic E-state index is 0.950. The fourth-order valence-electron chi connectivity index (χ4n) is 1.19. The molecule has 0 aliphatic rings. The Morgan fingerprint density at radius 3 is 2.93 bits per heavy atom. The van der Waals surface area contributed by atoms with E-state index in [1.807, 2.05) is 24.0 Å². The molecule has 0 atom stereocenters. The molecule has 0 bridgehead atoms. The Bertz CT molecular complexity index is 278. The van der Waals surface area contributed by atoms with Gasteiger partial charge in [0.2, 0.25) is 0 Å². The van der Waals surface area contributed by atoms with Gasteiger partial charge in [0.25, 0.3) is 0 Å². The summed E-state index contributed by atoms with van der Waals surface area (Å²) in [6.07, 6.45) is 5.06. The summed E-state index contributed by atoms with van der Waals surface area (Å²) in [7, 11) is 0. The summed E-state index contributed by atoms with van der Waals surface area (Å²) < 4.78 is 0. The predicted molar refractivity (Wildman–Crippen MR) is 69.9 cm³/mol. The average molecular weight is 225 g/mol. The molecule has 0 radical (unpaired) electrons. The van der Waals surface area contributed by atoms with E-state index < -0.39 is 0 Å². The molecule has 1 aromatic heterocycles. The van der Waals surface area contributed by atoms with Gasteiger partial charge >= 0.3 is 0 Å². The molecule has 1 aromatic rings. The van der Waals surface area contributed by atoms with Gasteiger partial charge in [-0.15, -0.1) is 0 Å². The summed E-state index contributed by atoms with van der Waals surface area (Å²) in [6, 6.07) is 4.05. The summed E-state index contributed by atoms with van der Waals surface area (Å²) in [5, 5.41) is 6.63. The van der Waals surface area contributed by atoms with Gasteiger partial charge in [-0.1, -0.05) is 6.92 Å². The maximum absolute atomic E-state index is 4.25. The zero-order valence-electron chi connectivity index (χ0n) is 9.42. The van der Waals surface area contributed by atoms with Crippen LogP contribution in [0.15, 0.2) is 18.3 Å². The number of anilines is 2. The van der Waals surface area contributed by atoms with Crippen LogP contribution in [0.4, 0.5) is 11.5 Å². The highest BCUT2D eigenvalue weighted by atomic mass is 32.2. The number of nitrogens with zero attached hydrogens (tertiary/aromatic N) is 1. The van der Waals surface area contributed by atoms with Crippen molar-refractivity contribution in [1.29, 1.82) is 0 Å². The summed E-state index contributed by atoms with van der Waals surface area (Å²) in [5.74, 6) is 2.08. The van der Waals surface area contributed by atoms with Crippen molar-refractivity contribution in [1.82, 2.24) is 4.98 Å². The summed E-state index contributed by atoms with van der Waals surface area (Å²) in [4.78, 5) is 4.25. The Balaban J connectivity index is 2.42. The minimum Gasteiger partial charge on any atom is -0.384 e. The molecule has 1 heterocycles. The van der Waals surface area contributed by atoms with Crippen molar-refractivity contribution in [3.8, 4) is 0 Å². The van der Waals surface area contributed by atoms with E-state index in [0.29, 0.717) is 0 Å². The van der Waals surface area contributed by atoms with Gasteiger partial charge in [0.05, 0.1) is 0 Å². The largest absolute Gasteiger partial charge is 0.384 e. The third-order valence-electron chi connectivity index (χ3n) is 1.95. The molecule has 0 unspecified atom stereocenters. The van der Waals surface area contributed by atoms with Crippen molar-refractivity contribution in [2.75, 3.05) is 35.7 Å². The number of hydrogen-bond acceptors (Lipinski definition) is 4. The van der Waals surface area contributed by atoms with Crippen molar-refractivity contribution in [2.24, 2.45) is 0 Å². The van der Waals surface area contributed by atoms with Gasteiger partial charge in [-0.05, 0) is 18.7 Å². The Hall–Kier alpha value is -0.900. The van der Waals surface area contributed by atoms with E-state index in [2.05, 4.69) is 34.9 Å². The summed E-state index contributed by atoms with van der Waals surface area (Å²) >= 11 is 1.85. The second-order valence-corrected chi connectivity index (χ2v) is 4.26. The van der Waals surface area contributed by atoms with E-state index in [1.54, 1.807) is 0 Å². The van der Waals surface area contributed by atoms with Crippen LogP contribution in [0.3, 0.4) is 0 Å². The molecule has 0 spiro atoms. The lowest BCUT2D eigenvalue weighted by molar-refractivity contribution is 0.969. The first-order valence-electron chi connectivity index (χ1n) is 5.29. The molecule has 4 heteroatoms. The molecule has 0 amide bonds. The maximum Gasteiger partial charge on any atom is 0.127 e. The lowest BCUT2D eigenvalue weighted by atomic mass is 10.3. The number of pyridine rings is 1. The topological polar surface area (TPSA) is 37.0 Å². The van der Waals surface area contributed by atoms with Crippen molar-refractivity contribution < 1.29 is 0 Å². The molecule has 0 fully saturated rings. The molecular weight excluding hydrogens is 206 g/mol. The van der Waals surface area contributed by atoms with E-state index in [9.17, 15) is 0 Å². The highest BCUT2D eigenvalue weighted by Gasteiger charge is 1.95. The monoisotopic (exact) mass is 225 g/mol. The molecule has 0 saturated carbocycles.